The summed E-state index contributed by atoms with van der Waals surface area (Å²) in [4.78, 5) is 12.5. The molecule has 1 aliphatic rings. The van der Waals surface area contributed by atoms with Crippen LogP contribution in [0.3, 0.4) is 0 Å². The first-order valence-corrected chi connectivity index (χ1v) is 9.99. The Labute approximate surface area is 158 Å². The Kier molecular flexibility index (Phi) is 5.55. The summed E-state index contributed by atoms with van der Waals surface area (Å²) in [5.74, 6) is 0.470. The van der Waals surface area contributed by atoms with Crippen molar-refractivity contribution >= 4 is 21.6 Å². The number of ether oxygens (including phenoxy) is 2. The van der Waals surface area contributed by atoms with Crippen molar-refractivity contribution in [2.24, 2.45) is 0 Å². The van der Waals surface area contributed by atoms with Crippen molar-refractivity contribution in [1.82, 2.24) is 5.32 Å². The summed E-state index contributed by atoms with van der Waals surface area (Å²) in [5, 5.41) is 2.83. The zero-order chi connectivity index (χ0) is 19.4. The summed E-state index contributed by atoms with van der Waals surface area (Å²) in [6.07, 6.45) is 1.84. The molecule has 1 saturated carbocycles. The fourth-order valence-corrected chi connectivity index (χ4v) is 4.09. The lowest BCUT2D eigenvalue weighted by atomic mass is 10.2. The number of hydrogen-bond acceptors (Lipinski definition) is 5. The van der Waals surface area contributed by atoms with Gasteiger partial charge in [0.05, 0.1) is 24.8 Å². The van der Waals surface area contributed by atoms with Gasteiger partial charge in [-0.2, -0.15) is 0 Å². The van der Waals surface area contributed by atoms with Crippen molar-refractivity contribution in [1.29, 1.82) is 0 Å². The van der Waals surface area contributed by atoms with Gasteiger partial charge in [-0.25, -0.2) is 8.42 Å². The largest absolute Gasteiger partial charge is 0.497 e. The molecule has 1 fully saturated rings. The molecule has 0 bridgehead atoms. The quantitative estimate of drug-likeness (QED) is 0.747. The third kappa shape index (κ3) is 4.33. The zero-order valence-electron chi connectivity index (χ0n) is 15.2. The van der Waals surface area contributed by atoms with Crippen LogP contribution in [0, 0.1) is 0 Å². The fourth-order valence-electron chi connectivity index (χ4n) is 2.64. The lowest BCUT2D eigenvalue weighted by molar-refractivity contribution is -0.119. The van der Waals surface area contributed by atoms with Gasteiger partial charge in [0.2, 0.25) is 5.91 Å². The van der Waals surface area contributed by atoms with Crippen LogP contribution in [0.25, 0.3) is 0 Å². The van der Waals surface area contributed by atoms with E-state index in [4.69, 9.17) is 9.47 Å². The fraction of sp³-hybridized carbons (Fsp3) is 0.316. The van der Waals surface area contributed by atoms with Gasteiger partial charge in [-0.05, 0) is 37.1 Å². The molecule has 27 heavy (non-hydrogen) atoms. The molecule has 1 amide bonds. The average Bonchev–Trinajstić information content (AvgIpc) is 3.50. The molecule has 2 aromatic carbocycles. The molecule has 0 unspecified atom stereocenters. The molecule has 0 aliphatic heterocycles. The third-order valence-electron chi connectivity index (χ3n) is 4.22. The maximum Gasteiger partial charge on any atom is 0.264 e. The van der Waals surface area contributed by atoms with Gasteiger partial charge in [0.15, 0.2) is 0 Å². The molecule has 0 spiro atoms. The van der Waals surface area contributed by atoms with E-state index < -0.39 is 10.0 Å². The van der Waals surface area contributed by atoms with Crippen LogP contribution in [0.15, 0.2) is 53.4 Å². The molecule has 0 heterocycles. The second kappa shape index (κ2) is 7.87. The number of anilines is 1. The lowest BCUT2D eigenvalue weighted by Crippen LogP contribution is -2.41. The Bertz CT molecular complexity index is 911. The predicted octanol–water partition coefficient (Wildman–Crippen LogP) is 2.18. The summed E-state index contributed by atoms with van der Waals surface area (Å²) in [5.41, 5.74) is 0.271. The highest BCUT2D eigenvalue weighted by Crippen LogP contribution is 2.35. The number of sulfonamides is 1. The number of benzene rings is 2. The highest BCUT2D eigenvalue weighted by Gasteiger charge is 2.31. The Morgan fingerprint density at radius 1 is 1.11 bits per heavy atom. The van der Waals surface area contributed by atoms with Gasteiger partial charge in [-0.3, -0.25) is 9.10 Å². The second-order valence-corrected chi connectivity index (χ2v) is 8.07. The van der Waals surface area contributed by atoms with E-state index in [2.05, 4.69) is 5.32 Å². The van der Waals surface area contributed by atoms with E-state index in [9.17, 15) is 13.2 Å². The van der Waals surface area contributed by atoms with Gasteiger partial charge in [-0.15, -0.1) is 0 Å². The summed E-state index contributed by atoms with van der Waals surface area (Å²) < 4.78 is 38.1. The number of methoxy groups -OCH3 is 2. The maximum atomic E-state index is 13.3. The van der Waals surface area contributed by atoms with Gasteiger partial charge < -0.3 is 14.8 Å². The van der Waals surface area contributed by atoms with E-state index in [1.807, 2.05) is 0 Å². The predicted molar refractivity (Wildman–Crippen MR) is 102 cm³/mol. The molecule has 8 heteroatoms. The van der Waals surface area contributed by atoms with Crippen LogP contribution in [0.4, 0.5) is 5.69 Å². The zero-order valence-corrected chi connectivity index (χ0v) is 16.0. The Hall–Kier alpha value is -2.74. The van der Waals surface area contributed by atoms with Crippen molar-refractivity contribution in [3.63, 3.8) is 0 Å². The second-order valence-electron chi connectivity index (χ2n) is 6.20. The molecule has 3 rings (SSSR count). The molecule has 1 N–H and O–H groups in total. The van der Waals surface area contributed by atoms with Crippen LogP contribution in [0.1, 0.15) is 12.8 Å². The average molecular weight is 390 g/mol. The van der Waals surface area contributed by atoms with Crippen molar-refractivity contribution in [2.45, 2.75) is 23.8 Å². The van der Waals surface area contributed by atoms with Crippen LogP contribution in [0.2, 0.25) is 0 Å². The molecule has 0 saturated heterocycles. The van der Waals surface area contributed by atoms with Crippen molar-refractivity contribution in [3.8, 4) is 11.5 Å². The molecule has 1 aliphatic carbocycles. The topological polar surface area (TPSA) is 84.9 Å². The van der Waals surface area contributed by atoms with Gasteiger partial charge in [0.1, 0.15) is 18.0 Å². The molecule has 0 aromatic heterocycles. The van der Waals surface area contributed by atoms with Gasteiger partial charge in [0, 0.05) is 12.1 Å². The van der Waals surface area contributed by atoms with Crippen LogP contribution in [-0.4, -0.2) is 41.1 Å². The number of rotatable bonds is 8. The van der Waals surface area contributed by atoms with E-state index >= 15 is 0 Å². The molecule has 144 valence electrons. The van der Waals surface area contributed by atoms with Gasteiger partial charge in [0.25, 0.3) is 10.0 Å². The molecule has 7 nitrogen and oxygen atoms in total. The SMILES string of the molecule is COc1ccc(N(CC(=O)NC2CC2)S(=O)(=O)c2ccccc2)c(OC)c1. The molecular weight excluding hydrogens is 368 g/mol. The highest BCUT2D eigenvalue weighted by atomic mass is 32.2. The number of carbonyl (C=O) groups excluding carboxylic acids is 1. The normalized spacial score (nSPS) is 13.7. The Morgan fingerprint density at radius 3 is 2.41 bits per heavy atom. The highest BCUT2D eigenvalue weighted by molar-refractivity contribution is 7.92. The summed E-state index contributed by atoms with van der Waals surface area (Å²) in [6, 6.07) is 12.9. The standard InChI is InChI=1S/C19H22N2O5S/c1-25-15-10-11-17(18(12-15)26-2)21(13-19(22)20-14-8-9-14)27(23,24)16-6-4-3-5-7-16/h3-7,10-12,14H,8-9,13H2,1-2H3,(H,20,22). The minimum Gasteiger partial charge on any atom is -0.497 e. The van der Waals surface area contributed by atoms with E-state index in [1.165, 1.54) is 26.4 Å². The van der Waals surface area contributed by atoms with E-state index in [0.29, 0.717) is 11.5 Å². The minimum atomic E-state index is -3.97. The van der Waals surface area contributed by atoms with Crippen molar-refractivity contribution in [3.05, 3.63) is 48.5 Å². The first-order chi connectivity index (χ1) is 13.0. The van der Waals surface area contributed by atoms with Crippen LogP contribution in [-0.2, 0) is 14.8 Å². The third-order valence-corrected chi connectivity index (χ3v) is 5.99. The number of nitrogens with zero attached hydrogens (tertiary/aromatic N) is 1. The van der Waals surface area contributed by atoms with E-state index in [-0.39, 0.29) is 29.1 Å². The van der Waals surface area contributed by atoms with Crippen LogP contribution >= 0.6 is 0 Å². The van der Waals surface area contributed by atoms with E-state index in [1.54, 1.807) is 36.4 Å². The monoisotopic (exact) mass is 390 g/mol. The first-order valence-electron chi connectivity index (χ1n) is 8.55. The number of nitrogens with one attached hydrogen (secondary N) is 1. The van der Waals surface area contributed by atoms with Crippen molar-refractivity contribution in [2.75, 3.05) is 25.1 Å². The van der Waals surface area contributed by atoms with Crippen LogP contribution in [0.5, 0.6) is 11.5 Å². The Morgan fingerprint density at radius 2 is 1.81 bits per heavy atom. The van der Waals surface area contributed by atoms with E-state index in [0.717, 1.165) is 17.1 Å². The summed E-state index contributed by atoms with van der Waals surface area (Å²) in [7, 11) is -1.01. The van der Waals surface area contributed by atoms with Gasteiger partial charge >= 0.3 is 0 Å². The van der Waals surface area contributed by atoms with Crippen molar-refractivity contribution < 1.29 is 22.7 Å². The maximum absolute atomic E-state index is 13.3. The number of amides is 1. The summed E-state index contributed by atoms with van der Waals surface area (Å²) >= 11 is 0. The lowest BCUT2D eigenvalue weighted by Gasteiger charge is -2.26. The minimum absolute atomic E-state index is 0.0992. The Balaban J connectivity index is 2.03. The molecule has 2 aromatic rings. The molecule has 0 radical (unpaired) electrons. The van der Waals surface area contributed by atoms with Gasteiger partial charge in [-0.1, -0.05) is 18.2 Å². The first kappa shape index (κ1) is 19.0. The number of hydrogen-bond donors (Lipinski definition) is 1. The molecular formula is C19H22N2O5S. The summed E-state index contributed by atoms with van der Waals surface area (Å²) in [6.45, 7) is -0.337. The molecule has 0 atom stereocenters. The smallest absolute Gasteiger partial charge is 0.264 e. The van der Waals surface area contributed by atoms with Crippen LogP contribution < -0.4 is 19.1 Å². The number of carbonyl (C=O) groups is 1.